The highest BCUT2D eigenvalue weighted by atomic mass is 16.5. The van der Waals surface area contributed by atoms with Gasteiger partial charge in [-0.05, 0) is 32.4 Å². The molecule has 6 nitrogen and oxygen atoms in total. The van der Waals surface area contributed by atoms with Gasteiger partial charge in [-0.2, -0.15) is 10.1 Å². The Kier molecular flexibility index (Phi) is 3.90. The maximum Gasteiger partial charge on any atom is 0.241 e. The summed E-state index contributed by atoms with van der Waals surface area (Å²) in [5.41, 5.74) is 3.44. The third-order valence-corrected chi connectivity index (χ3v) is 4.56. The maximum absolute atomic E-state index is 5.49. The molecule has 1 aliphatic heterocycles. The fourth-order valence-electron chi connectivity index (χ4n) is 3.40. The van der Waals surface area contributed by atoms with E-state index in [2.05, 4.69) is 45.4 Å². The minimum atomic E-state index is 0.382. The van der Waals surface area contributed by atoms with E-state index in [4.69, 9.17) is 4.52 Å². The van der Waals surface area contributed by atoms with Crippen molar-refractivity contribution in [1.29, 1.82) is 0 Å². The van der Waals surface area contributed by atoms with Gasteiger partial charge in [0, 0.05) is 30.4 Å². The standard InChI is InChI=1S/C18H21N5O/c1-13-5-3-6-14(9-13)18-20-17(24-21-18)12-23-8-4-7-16(23)15-10-19-22(2)11-15/h3,5-6,9-11,16H,4,7-8,12H2,1-2H3. The molecule has 0 spiro atoms. The van der Waals surface area contributed by atoms with Crippen LogP contribution in [0.5, 0.6) is 0 Å². The van der Waals surface area contributed by atoms with Crippen LogP contribution in [0.15, 0.2) is 41.2 Å². The quantitative estimate of drug-likeness (QED) is 0.738. The number of aromatic nitrogens is 4. The number of likely N-dealkylation sites (tertiary alicyclic amines) is 1. The van der Waals surface area contributed by atoms with Crippen LogP contribution in [0, 0.1) is 6.92 Å². The van der Waals surface area contributed by atoms with Crippen LogP contribution in [0.25, 0.3) is 11.4 Å². The van der Waals surface area contributed by atoms with E-state index in [1.807, 2.05) is 30.1 Å². The van der Waals surface area contributed by atoms with E-state index in [0.717, 1.165) is 18.5 Å². The molecule has 1 unspecified atom stereocenters. The molecule has 0 N–H and O–H groups in total. The molecule has 0 radical (unpaired) electrons. The Balaban J connectivity index is 1.51. The number of aryl methyl sites for hydroxylation is 2. The first-order valence-electron chi connectivity index (χ1n) is 8.31. The van der Waals surface area contributed by atoms with E-state index in [-0.39, 0.29) is 0 Å². The van der Waals surface area contributed by atoms with Crippen molar-refractivity contribution in [2.45, 2.75) is 32.4 Å². The van der Waals surface area contributed by atoms with Crippen LogP contribution in [0.1, 0.15) is 35.9 Å². The molecule has 0 saturated carbocycles. The molecule has 3 aromatic rings. The number of hydrogen-bond donors (Lipinski definition) is 0. The highest BCUT2D eigenvalue weighted by Crippen LogP contribution is 2.32. The number of benzene rings is 1. The first-order valence-corrected chi connectivity index (χ1v) is 8.31. The van der Waals surface area contributed by atoms with E-state index in [9.17, 15) is 0 Å². The van der Waals surface area contributed by atoms with Gasteiger partial charge in [0.15, 0.2) is 0 Å². The zero-order valence-corrected chi connectivity index (χ0v) is 14.0. The van der Waals surface area contributed by atoms with Crippen molar-refractivity contribution in [3.05, 3.63) is 53.7 Å². The van der Waals surface area contributed by atoms with Gasteiger partial charge in [-0.15, -0.1) is 0 Å². The fraction of sp³-hybridized carbons (Fsp3) is 0.389. The van der Waals surface area contributed by atoms with E-state index in [1.54, 1.807) is 0 Å². The summed E-state index contributed by atoms with van der Waals surface area (Å²) < 4.78 is 7.34. The molecule has 124 valence electrons. The topological polar surface area (TPSA) is 60.0 Å². The largest absolute Gasteiger partial charge is 0.338 e. The summed E-state index contributed by atoms with van der Waals surface area (Å²) in [6, 6.07) is 8.54. The van der Waals surface area contributed by atoms with Crippen LogP contribution in [-0.4, -0.2) is 31.4 Å². The van der Waals surface area contributed by atoms with E-state index < -0.39 is 0 Å². The van der Waals surface area contributed by atoms with Crippen LogP contribution in [-0.2, 0) is 13.6 Å². The van der Waals surface area contributed by atoms with Crippen molar-refractivity contribution < 1.29 is 4.52 Å². The average Bonchev–Trinajstić information content (AvgIpc) is 3.28. The second-order valence-corrected chi connectivity index (χ2v) is 6.46. The first kappa shape index (κ1) is 15.1. The molecule has 1 fully saturated rings. The lowest BCUT2D eigenvalue weighted by molar-refractivity contribution is 0.212. The van der Waals surface area contributed by atoms with Gasteiger partial charge >= 0.3 is 0 Å². The Morgan fingerprint density at radius 1 is 1.33 bits per heavy atom. The molecule has 0 bridgehead atoms. The molecular formula is C18H21N5O. The minimum Gasteiger partial charge on any atom is -0.338 e. The van der Waals surface area contributed by atoms with Crippen molar-refractivity contribution >= 4 is 0 Å². The number of hydrogen-bond acceptors (Lipinski definition) is 5. The number of rotatable bonds is 4. The molecule has 2 aromatic heterocycles. The molecule has 6 heteroatoms. The van der Waals surface area contributed by atoms with Crippen molar-refractivity contribution in [3.8, 4) is 11.4 Å². The predicted octanol–water partition coefficient (Wildman–Crippen LogP) is 3.12. The van der Waals surface area contributed by atoms with Crippen LogP contribution >= 0.6 is 0 Å². The molecule has 0 aliphatic carbocycles. The molecule has 1 atom stereocenters. The van der Waals surface area contributed by atoms with Gasteiger partial charge in [0.2, 0.25) is 11.7 Å². The summed E-state index contributed by atoms with van der Waals surface area (Å²) in [6.45, 7) is 3.79. The van der Waals surface area contributed by atoms with Crippen molar-refractivity contribution in [2.75, 3.05) is 6.54 Å². The van der Waals surface area contributed by atoms with Crippen LogP contribution in [0.4, 0.5) is 0 Å². The summed E-state index contributed by atoms with van der Waals surface area (Å²) >= 11 is 0. The van der Waals surface area contributed by atoms with Gasteiger partial charge < -0.3 is 4.52 Å². The van der Waals surface area contributed by atoms with Gasteiger partial charge in [-0.1, -0.05) is 28.9 Å². The smallest absolute Gasteiger partial charge is 0.241 e. The maximum atomic E-state index is 5.49. The molecule has 4 rings (SSSR count). The SMILES string of the molecule is Cc1cccc(-c2noc(CN3CCCC3c3cnn(C)c3)n2)c1. The second kappa shape index (κ2) is 6.20. The summed E-state index contributed by atoms with van der Waals surface area (Å²) in [5.74, 6) is 1.33. The summed E-state index contributed by atoms with van der Waals surface area (Å²) in [4.78, 5) is 6.97. The molecule has 1 aromatic carbocycles. The van der Waals surface area contributed by atoms with Crippen molar-refractivity contribution in [1.82, 2.24) is 24.8 Å². The molecule has 1 aliphatic rings. The highest BCUT2D eigenvalue weighted by molar-refractivity contribution is 5.55. The summed E-state index contributed by atoms with van der Waals surface area (Å²) in [6.07, 6.45) is 6.37. The normalized spacial score (nSPS) is 18.3. The Hall–Kier alpha value is -2.47. The third-order valence-electron chi connectivity index (χ3n) is 4.56. The molecule has 0 amide bonds. The van der Waals surface area contributed by atoms with Gasteiger partial charge in [0.05, 0.1) is 12.7 Å². The van der Waals surface area contributed by atoms with Gasteiger partial charge in [-0.3, -0.25) is 9.58 Å². The second-order valence-electron chi connectivity index (χ2n) is 6.46. The van der Waals surface area contributed by atoms with Crippen LogP contribution < -0.4 is 0 Å². The average molecular weight is 323 g/mol. The van der Waals surface area contributed by atoms with Gasteiger partial charge in [0.25, 0.3) is 0 Å². The number of nitrogens with zero attached hydrogens (tertiary/aromatic N) is 5. The van der Waals surface area contributed by atoms with E-state index >= 15 is 0 Å². The first-order chi connectivity index (χ1) is 11.7. The zero-order valence-electron chi connectivity index (χ0n) is 14.0. The van der Waals surface area contributed by atoms with E-state index in [1.165, 1.54) is 17.5 Å². The van der Waals surface area contributed by atoms with Crippen molar-refractivity contribution in [3.63, 3.8) is 0 Å². The molecular weight excluding hydrogens is 302 g/mol. The molecule has 3 heterocycles. The van der Waals surface area contributed by atoms with Gasteiger partial charge in [-0.25, -0.2) is 0 Å². The third kappa shape index (κ3) is 2.97. The predicted molar refractivity (Wildman–Crippen MR) is 90.1 cm³/mol. The molecule has 1 saturated heterocycles. The Labute approximate surface area is 141 Å². The zero-order chi connectivity index (χ0) is 16.5. The Morgan fingerprint density at radius 2 is 2.25 bits per heavy atom. The molecule has 24 heavy (non-hydrogen) atoms. The Bertz CT molecular complexity index is 837. The lowest BCUT2D eigenvalue weighted by Crippen LogP contribution is -2.22. The van der Waals surface area contributed by atoms with Crippen molar-refractivity contribution in [2.24, 2.45) is 7.05 Å². The lowest BCUT2D eigenvalue weighted by atomic mass is 10.1. The van der Waals surface area contributed by atoms with Gasteiger partial charge in [0.1, 0.15) is 0 Å². The minimum absolute atomic E-state index is 0.382. The summed E-state index contributed by atoms with van der Waals surface area (Å²) in [5, 5.41) is 8.44. The monoisotopic (exact) mass is 323 g/mol. The van der Waals surface area contributed by atoms with Crippen LogP contribution in [0.3, 0.4) is 0 Å². The summed E-state index contributed by atoms with van der Waals surface area (Å²) in [7, 11) is 1.95. The van der Waals surface area contributed by atoms with Crippen LogP contribution in [0.2, 0.25) is 0 Å². The highest BCUT2D eigenvalue weighted by Gasteiger charge is 2.28. The Morgan fingerprint density at radius 3 is 3.04 bits per heavy atom. The van der Waals surface area contributed by atoms with E-state index in [0.29, 0.717) is 24.3 Å². The lowest BCUT2D eigenvalue weighted by Gasteiger charge is -2.21. The fourth-order valence-corrected chi connectivity index (χ4v) is 3.40.